The van der Waals surface area contributed by atoms with Crippen LogP contribution in [-0.2, 0) is 4.79 Å². The van der Waals surface area contributed by atoms with Gasteiger partial charge in [-0.25, -0.2) is 0 Å². The van der Waals surface area contributed by atoms with E-state index in [9.17, 15) is 4.79 Å². The maximum Gasteiger partial charge on any atom is 0.317 e. The largest absolute Gasteiger partial charge is 0.480 e. The average molecular weight is 171 g/mol. The quantitative estimate of drug-likeness (QED) is 0.678. The van der Waals surface area contributed by atoms with Crippen LogP contribution in [0.1, 0.15) is 32.6 Å². The van der Waals surface area contributed by atoms with Crippen molar-refractivity contribution in [2.45, 2.75) is 38.6 Å². The molecular formula is C9H17NO2. The van der Waals surface area contributed by atoms with Gasteiger partial charge in [-0.3, -0.25) is 9.69 Å². The molecule has 1 N–H and O–H groups in total. The molecule has 3 heteroatoms. The highest BCUT2D eigenvalue weighted by Gasteiger charge is 2.25. The second kappa shape index (κ2) is 4.45. The maximum absolute atomic E-state index is 10.5. The summed E-state index contributed by atoms with van der Waals surface area (Å²) in [5.74, 6) is -0.699. The van der Waals surface area contributed by atoms with Crippen LogP contribution in [0.15, 0.2) is 0 Å². The third-order valence-corrected chi connectivity index (χ3v) is 2.44. The molecule has 0 atom stereocenters. The van der Waals surface area contributed by atoms with Crippen molar-refractivity contribution in [3.63, 3.8) is 0 Å². The van der Waals surface area contributed by atoms with Crippen LogP contribution in [0.4, 0.5) is 0 Å². The Morgan fingerprint density at radius 1 is 1.58 bits per heavy atom. The normalized spacial score (nSPS) is 17.8. The smallest absolute Gasteiger partial charge is 0.317 e. The highest BCUT2D eigenvalue weighted by molar-refractivity contribution is 5.69. The van der Waals surface area contributed by atoms with Crippen LogP contribution >= 0.6 is 0 Å². The number of hydrogen-bond donors (Lipinski definition) is 1. The van der Waals surface area contributed by atoms with Crippen LogP contribution in [-0.4, -0.2) is 35.1 Å². The zero-order valence-electron chi connectivity index (χ0n) is 7.62. The van der Waals surface area contributed by atoms with Crippen molar-refractivity contribution in [3.8, 4) is 0 Å². The Morgan fingerprint density at radius 3 is 2.58 bits per heavy atom. The lowest BCUT2D eigenvalue weighted by molar-refractivity contribution is -0.139. The Morgan fingerprint density at radius 2 is 2.25 bits per heavy atom. The molecule has 0 aromatic rings. The lowest BCUT2D eigenvalue weighted by Gasteiger charge is -2.36. The van der Waals surface area contributed by atoms with Gasteiger partial charge in [0.15, 0.2) is 0 Å². The molecule has 0 aliphatic heterocycles. The monoisotopic (exact) mass is 171 g/mol. The molecule has 0 unspecified atom stereocenters. The van der Waals surface area contributed by atoms with E-state index in [1.54, 1.807) is 0 Å². The van der Waals surface area contributed by atoms with E-state index < -0.39 is 5.97 Å². The molecule has 1 saturated carbocycles. The molecule has 1 aliphatic carbocycles. The fourth-order valence-electron chi connectivity index (χ4n) is 1.60. The van der Waals surface area contributed by atoms with Gasteiger partial charge in [0.2, 0.25) is 0 Å². The average Bonchev–Trinajstić information content (AvgIpc) is 1.81. The molecule has 0 amide bonds. The van der Waals surface area contributed by atoms with Crippen LogP contribution in [0.2, 0.25) is 0 Å². The molecule has 0 spiro atoms. The number of carbonyl (C=O) groups is 1. The van der Waals surface area contributed by atoms with Gasteiger partial charge in [0.1, 0.15) is 0 Å². The minimum atomic E-state index is -0.699. The molecular weight excluding hydrogens is 154 g/mol. The molecule has 0 aromatic heterocycles. The molecule has 0 radical (unpaired) electrons. The summed E-state index contributed by atoms with van der Waals surface area (Å²) in [6.45, 7) is 3.24. The van der Waals surface area contributed by atoms with Gasteiger partial charge in [0.25, 0.3) is 0 Å². The lowest BCUT2D eigenvalue weighted by Crippen LogP contribution is -2.43. The van der Waals surface area contributed by atoms with Gasteiger partial charge < -0.3 is 5.11 Å². The summed E-state index contributed by atoms with van der Waals surface area (Å²) in [5.41, 5.74) is 0. The molecule has 1 rings (SSSR count). The SMILES string of the molecule is CCCN(CC(=O)O)C1CCC1. The van der Waals surface area contributed by atoms with E-state index in [1.165, 1.54) is 19.3 Å². The van der Waals surface area contributed by atoms with E-state index in [1.807, 2.05) is 0 Å². The van der Waals surface area contributed by atoms with Crippen molar-refractivity contribution >= 4 is 5.97 Å². The summed E-state index contributed by atoms with van der Waals surface area (Å²) >= 11 is 0. The molecule has 1 aliphatic rings. The Bertz CT molecular complexity index is 155. The van der Waals surface area contributed by atoms with E-state index in [-0.39, 0.29) is 6.54 Å². The topological polar surface area (TPSA) is 40.5 Å². The fraction of sp³-hybridized carbons (Fsp3) is 0.889. The first kappa shape index (κ1) is 9.52. The molecule has 70 valence electrons. The maximum atomic E-state index is 10.5. The van der Waals surface area contributed by atoms with E-state index in [4.69, 9.17) is 5.11 Å². The highest BCUT2D eigenvalue weighted by Crippen LogP contribution is 2.24. The molecule has 3 nitrogen and oxygen atoms in total. The van der Waals surface area contributed by atoms with Crippen molar-refractivity contribution in [3.05, 3.63) is 0 Å². The van der Waals surface area contributed by atoms with Crippen molar-refractivity contribution in [1.82, 2.24) is 4.90 Å². The van der Waals surface area contributed by atoms with E-state index in [2.05, 4.69) is 11.8 Å². The molecule has 1 fully saturated rings. The number of rotatable bonds is 5. The zero-order chi connectivity index (χ0) is 8.97. The Hall–Kier alpha value is -0.570. The van der Waals surface area contributed by atoms with E-state index in [0.29, 0.717) is 6.04 Å². The van der Waals surface area contributed by atoms with Gasteiger partial charge >= 0.3 is 5.97 Å². The second-order valence-electron chi connectivity index (χ2n) is 3.45. The number of hydrogen-bond acceptors (Lipinski definition) is 2. The first-order valence-electron chi connectivity index (χ1n) is 4.70. The van der Waals surface area contributed by atoms with Crippen LogP contribution in [0.5, 0.6) is 0 Å². The third kappa shape index (κ3) is 2.48. The number of nitrogens with zero attached hydrogens (tertiary/aromatic N) is 1. The third-order valence-electron chi connectivity index (χ3n) is 2.44. The summed E-state index contributed by atoms with van der Waals surface area (Å²) in [7, 11) is 0. The Kier molecular flexibility index (Phi) is 3.53. The van der Waals surface area contributed by atoms with Crippen molar-refractivity contribution in [1.29, 1.82) is 0 Å². The minimum Gasteiger partial charge on any atom is -0.480 e. The van der Waals surface area contributed by atoms with Gasteiger partial charge in [-0.15, -0.1) is 0 Å². The number of aliphatic carboxylic acids is 1. The Labute approximate surface area is 73.4 Å². The summed E-state index contributed by atoms with van der Waals surface area (Å²) in [4.78, 5) is 12.6. The van der Waals surface area contributed by atoms with Gasteiger partial charge in [0.05, 0.1) is 6.54 Å². The number of carboxylic acid groups (broad SMARTS) is 1. The summed E-state index contributed by atoms with van der Waals surface area (Å²) in [6, 6.07) is 0.557. The van der Waals surface area contributed by atoms with Crippen LogP contribution in [0.3, 0.4) is 0 Å². The van der Waals surface area contributed by atoms with Gasteiger partial charge in [-0.1, -0.05) is 13.3 Å². The Balaban J connectivity index is 2.31. The molecule has 0 bridgehead atoms. The van der Waals surface area contributed by atoms with Crippen molar-refractivity contribution < 1.29 is 9.90 Å². The van der Waals surface area contributed by atoms with Crippen molar-refractivity contribution in [2.75, 3.05) is 13.1 Å². The van der Waals surface area contributed by atoms with E-state index in [0.717, 1.165) is 13.0 Å². The summed E-state index contributed by atoms with van der Waals surface area (Å²) in [5, 5.41) is 8.64. The minimum absolute atomic E-state index is 0.221. The molecule has 0 aromatic carbocycles. The van der Waals surface area contributed by atoms with Crippen LogP contribution in [0.25, 0.3) is 0 Å². The van der Waals surface area contributed by atoms with Gasteiger partial charge in [-0.2, -0.15) is 0 Å². The first-order chi connectivity index (χ1) is 5.74. The fourth-order valence-corrected chi connectivity index (χ4v) is 1.60. The molecule has 12 heavy (non-hydrogen) atoms. The molecule has 0 heterocycles. The zero-order valence-corrected chi connectivity index (χ0v) is 7.62. The predicted octanol–water partition coefficient (Wildman–Crippen LogP) is 1.34. The molecule has 0 saturated heterocycles. The predicted molar refractivity (Wildman–Crippen MR) is 47.1 cm³/mol. The first-order valence-corrected chi connectivity index (χ1v) is 4.70. The number of carboxylic acids is 1. The highest BCUT2D eigenvalue weighted by atomic mass is 16.4. The summed E-state index contributed by atoms with van der Waals surface area (Å²) < 4.78 is 0. The van der Waals surface area contributed by atoms with Gasteiger partial charge in [-0.05, 0) is 25.8 Å². The lowest BCUT2D eigenvalue weighted by atomic mass is 9.91. The van der Waals surface area contributed by atoms with E-state index >= 15 is 0 Å². The van der Waals surface area contributed by atoms with Crippen molar-refractivity contribution in [2.24, 2.45) is 0 Å². The van der Waals surface area contributed by atoms with Crippen LogP contribution < -0.4 is 0 Å². The van der Waals surface area contributed by atoms with Crippen LogP contribution in [0, 0.1) is 0 Å². The summed E-state index contributed by atoms with van der Waals surface area (Å²) in [6.07, 6.45) is 4.69. The second-order valence-corrected chi connectivity index (χ2v) is 3.45. The van der Waals surface area contributed by atoms with Gasteiger partial charge in [0, 0.05) is 6.04 Å². The standard InChI is InChI=1S/C9H17NO2/c1-2-6-10(7-9(11)12)8-4-3-5-8/h8H,2-7H2,1H3,(H,11,12).